The van der Waals surface area contributed by atoms with Gasteiger partial charge in [0.2, 0.25) is 0 Å². The third-order valence-electron chi connectivity index (χ3n) is 18.0. The molecule has 0 fully saturated rings. The van der Waals surface area contributed by atoms with Crippen LogP contribution in [0.3, 0.4) is 0 Å². The molecular weight excluding hydrogens is 1360 g/mol. The quantitative estimate of drug-likeness (QED) is 0.115. The van der Waals surface area contributed by atoms with E-state index in [1.807, 2.05) is 153 Å². The number of hydrogen-bond donors (Lipinski definition) is 0. The molecule has 0 aliphatic heterocycles. The molecule has 0 bridgehead atoms. The lowest BCUT2D eigenvalue weighted by atomic mass is 9.96. The van der Waals surface area contributed by atoms with Gasteiger partial charge in [-0.1, -0.05) is 260 Å². The van der Waals surface area contributed by atoms with E-state index in [-0.39, 0.29) is 5.75 Å². The van der Waals surface area contributed by atoms with Crippen LogP contribution in [0.25, 0.3) is 33.4 Å². The third-order valence-corrected chi connectivity index (χ3v) is 18.0. The Bertz CT molecular complexity index is 5070. The van der Waals surface area contributed by atoms with E-state index >= 15 is 0 Å². The fourth-order valence-electron chi connectivity index (χ4n) is 12.0. The Hall–Kier alpha value is -12.1. The highest BCUT2D eigenvalue weighted by Gasteiger charge is 2.34. The molecule has 0 aliphatic rings. The molecule has 0 saturated heterocycles. The highest BCUT2D eigenvalue weighted by molar-refractivity contribution is 5.71. The normalized spacial score (nSPS) is 10.5. The highest BCUT2D eigenvalue weighted by atomic mass is 19.4. The lowest BCUT2D eigenvalue weighted by molar-refractivity contribution is -0.138. The van der Waals surface area contributed by atoms with Crippen molar-refractivity contribution >= 4 is 0 Å². The van der Waals surface area contributed by atoms with Gasteiger partial charge >= 0.3 is 6.18 Å². The van der Waals surface area contributed by atoms with Crippen molar-refractivity contribution in [2.24, 2.45) is 0 Å². The largest absolute Gasteiger partial charge is 0.457 e. The molecule has 0 aliphatic carbocycles. The van der Waals surface area contributed by atoms with Crippen molar-refractivity contribution in [2.75, 3.05) is 0 Å². The van der Waals surface area contributed by atoms with Gasteiger partial charge in [-0.3, -0.25) is 0 Å². The molecule has 0 heterocycles. The maximum absolute atomic E-state index is 13.2. The zero-order valence-corrected chi connectivity index (χ0v) is 66.5. The minimum Gasteiger partial charge on any atom is -0.457 e. The van der Waals surface area contributed by atoms with Crippen molar-refractivity contribution < 1.29 is 36.9 Å². The van der Waals surface area contributed by atoms with Gasteiger partial charge in [-0.25, -0.2) is 0 Å². The Kier molecular flexibility index (Phi) is 29.1. The molecule has 5 nitrogen and oxygen atoms in total. The molecule has 0 aromatic heterocycles. The van der Waals surface area contributed by atoms with Crippen LogP contribution in [0, 0.1) is 118 Å². The number of benzene rings is 14. The number of halogens is 3. The second-order valence-corrected chi connectivity index (χ2v) is 28.5. The Morgan fingerprint density at radius 3 is 0.745 bits per heavy atom. The van der Waals surface area contributed by atoms with Crippen LogP contribution >= 0.6 is 0 Å². The first kappa shape index (κ1) is 81.9. The van der Waals surface area contributed by atoms with Gasteiger partial charge in [0.1, 0.15) is 57.5 Å². The first-order chi connectivity index (χ1) is 52.5. The first-order valence-corrected chi connectivity index (χ1v) is 37.1. The maximum atomic E-state index is 13.2. The fraction of sp³-hybridized carbons (Fsp3) is 0.176. The minimum atomic E-state index is -4.48. The lowest BCUT2D eigenvalue weighted by Crippen LogP contribution is -2.07. The summed E-state index contributed by atoms with van der Waals surface area (Å²) in [6.45, 7) is 35.3. The van der Waals surface area contributed by atoms with E-state index in [9.17, 15) is 13.2 Å². The maximum Gasteiger partial charge on any atom is 0.419 e. The molecule has 8 heteroatoms. The number of rotatable bonds is 13. The molecule has 110 heavy (non-hydrogen) atoms. The summed E-state index contributed by atoms with van der Waals surface area (Å²) in [5, 5.41) is 0. The number of alkyl halides is 3. The van der Waals surface area contributed by atoms with Gasteiger partial charge in [-0.2, -0.15) is 13.2 Å². The summed E-state index contributed by atoms with van der Waals surface area (Å²) < 4.78 is 68.2. The van der Waals surface area contributed by atoms with Crippen molar-refractivity contribution in [2.45, 2.75) is 124 Å². The molecule has 0 amide bonds. The smallest absolute Gasteiger partial charge is 0.419 e. The van der Waals surface area contributed by atoms with Crippen molar-refractivity contribution in [1.29, 1.82) is 0 Å². The predicted molar refractivity (Wildman–Crippen MR) is 453 cm³/mol. The van der Waals surface area contributed by atoms with Crippen molar-refractivity contribution in [3.63, 3.8) is 0 Å². The Morgan fingerprint density at radius 1 is 0.182 bits per heavy atom. The first-order valence-electron chi connectivity index (χ1n) is 37.1. The molecule has 14 aromatic carbocycles. The summed E-state index contributed by atoms with van der Waals surface area (Å²) >= 11 is 0. The number of hydrogen-bond acceptors (Lipinski definition) is 5. The van der Waals surface area contributed by atoms with E-state index in [0.717, 1.165) is 57.4 Å². The molecule has 0 spiro atoms. The lowest BCUT2D eigenvalue weighted by Gasteiger charge is -2.15. The van der Waals surface area contributed by atoms with Crippen molar-refractivity contribution in [3.8, 4) is 90.9 Å². The van der Waals surface area contributed by atoms with Gasteiger partial charge < -0.3 is 23.7 Å². The van der Waals surface area contributed by atoms with E-state index in [0.29, 0.717) is 17.1 Å². The topological polar surface area (TPSA) is 46.2 Å². The van der Waals surface area contributed by atoms with E-state index in [2.05, 4.69) is 218 Å². The van der Waals surface area contributed by atoms with Gasteiger partial charge in [0.15, 0.2) is 0 Å². The van der Waals surface area contributed by atoms with E-state index in [1.165, 1.54) is 117 Å². The molecular formula is C102H101F3O5. The van der Waals surface area contributed by atoms with Gasteiger partial charge in [0.25, 0.3) is 0 Å². The molecule has 14 aromatic rings. The van der Waals surface area contributed by atoms with Crippen LogP contribution in [0.2, 0.25) is 0 Å². The van der Waals surface area contributed by atoms with Crippen LogP contribution in [0.15, 0.2) is 303 Å². The second kappa shape index (κ2) is 39.1. The molecule has 0 unspecified atom stereocenters. The van der Waals surface area contributed by atoms with Gasteiger partial charge in [0.05, 0.1) is 5.56 Å². The summed E-state index contributed by atoms with van der Waals surface area (Å²) in [5.74, 6) is 6.39. The van der Waals surface area contributed by atoms with Crippen LogP contribution in [0.4, 0.5) is 13.2 Å². The minimum absolute atomic E-state index is 0.226. The average molecular weight is 1460 g/mol. The highest BCUT2D eigenvalue weighted by Crippen LogP contribution is 2.40. The predicted octanol–water partition coefficient (Wildman–Crippen LogP) is 30.3. The van der Waals surface area contributed by atoms with E-state index in [1.54, 1.807) is 37.3 Å². The van der Waals surface area contributed by atoms with Crippen LogP contribution in [-0.2, 0) is 6.18 Å². The van der Waals surface area contributed by atoms with Crippen LogP contribution in [-0.4, -0.2) is 0 Å². The van der Waals surface area contributed by atoms with Crippen LogP contribution in [0.1, 0.15) is 100 Å². The summed E-state index contributed by atoms with van der Waals surface area (Å²) in [6.07, 6.45) is -4.48. The van der Waals surface area contributed by atoms with Crippen molar-refractivity contribution in [1.82, 2.24) is 0 Å². The van der Waals surface area contributed by atoms with E-state index < -0.39 is 11.7 Å². The van der Waals surface area contributed by atoms with Crippen LogP contribution < -0.4 is 23.7 Å². The molecule has 14 rings (SSSR count). The zero-order valence-electron chi connectivity index (χ0n) is 66.5. The second-order valence-electron chi connectivity index (χ2n) is 28.5. The van der Waals surface area contributed by atoms with Crippen LogP contribution in [0.5, 0.6) is 57.5 Å². The van der Waals surface area contributed by atoms with Gasteiger partial charge in [0, 0.05) is 0 Å². The van der Waals surface area contributed by atoms with E-state index in [4.69, 9.17) is 23.7 Å². The molecule has 0 radical (unpaired) electrons. The molecule has 0 saturated carbocycles. The molecule has 0 atom stereocenters. The Labute approximate surface area is 651 Å². The summed E-state index contributed by atoms with van der Waals surface area (Å²) in [4.78, 5) is 0. The Balaban J connectivity index is 0.000000154. The van der Waals surface area contributed by atoms with Gasteiger partial charge in [-0.05, 0) is 289 Å². The summed E-state index contributed by atoms with van der Waals surface area (Å²) in [5.41, 5.74) is 28.1. The summed E-state index contributed by atoms with van der Waals surface area (Å²) in [6, 6.07) is 100.0. The summed E-state index contributed by atoms with van der Waals surface area (Å²) in [7, 11) is 0. The number of ether oxygens (including phenoxy) is 5. The van der Waals surface area contributed by atoms with Gasteiger partial charge in [-0.15, -0.1) is 0 Å². The molecule has 0 N–H and O–H groups in total. The number of aryl methyl sites for hydroxylation is 17. The Morgan fingerprint density at radius 2 is 0.427 bits per heavy atom. The average Bonchev–Trinajstić information content (AvgIpc) is 0.828. The zero-order chi connectivity index (χ0) is 79.0. The fourth-order valence-corrected chi connectivity index (χ4v) is 12.0. The monoisotopic (exact) mass is 1460 g/mol. The van der Waals surface area contributed by atoms with Crippen molar-refractivity contribution in [3.05, 3.63) is 403 Å². The third kappa shape index (κ3) is 25.8. The standard InChI is InChI=1S/C22H19F3O2.C20H18O2.C16H18.2C15H16.C14H14O/c1-14-4-10-20(16(3)12-14)26-17-6-8-18(9-7-17)27-21-11-5-15(2)13-19(21)22(23,24)25;1-15-3-7-17(8-4-15)21-19-11-13-20(14-12-19)22-18-9-5-16(2)6-10-18;1-11-5-6-14(4)16(10-11)15-8-12(2)7-13(3)9-15;2*1-11-5-4-6-14(9-11)15-10-12(2)7-8-13(15)3;1-11-3-7-13(8-4-11)15-14-9-5-12(2)6-10-14/h4-13H,1-3H3;3-14H,1-2H3;5-10H,1-4H3;2*4-10H,1-3H3;3-10H,1-2H3. The SMILES string of the molecule is Cc1cc(C)cc(-c2cc(C)ccc2C)c1.Cc1ccc(Oc2ccc(C)cc2)cc1.Cc1ccc(Oc2ccc(Oc3ccc(C)cc3)cc2)cc1.Cc1ccc(Oc2ccc(Oc3ccc(C)cc3C(F)(F)F)cc2)c(C)c1.Cc1cccc(-c2cc(C)ccc2C)c1.Cc1cccc(-c2cc(C)ccc2C)c1. The molecule has 560 valence electrons.